The number of rotatable bonds is 16. The van der Waals surface area contributed by atoms with Gasteiger partial charge in [-0.25, -0.2) is 0 Å². The van der Waals surface area contributed by atoms with Crippen LogP contribution in [0, 0.1) is 0 Å². The SMILES string of the molecule is CCCCN(CCCC)CCN(Cc1cccc(Oc2ccccc2)c1)C(=O)c1ccc(CCC)cc1. The molecule has 0 aliphatic rings. The molecule has 0 unspecified atom stereocenters. The molecule has 0 radical (unpaired) electrons. The van der Waals surface area contributed by atoms with Crippen molar-refractivity contribution in [1.82, 2.24) is 9.80 Å². The largest absolute Gasteiger partial charge is 0.457 e. The third kappa shape index (κ3) is 9.70. The molecule has 4 heteroatoms. The maximum Gasteiger partial charge on any atom is 0.254 e. The Balaban J connectivity index is 1.77. The second kappa shape index (κ2) is 15.9. The van der Waals surface area contributed by atoms with Gasteiger partial charge in [-0.15, -0.1) is 0 Å². The smallest absolute Gasteiger partial charge is 0.254 e. The molecule has 0 aliphatic heterocycles. The van der Waals surface area contributed by atoms with Gasteiger partial charge in [-0.1, -0.05) is 82.5 Å². The van der Waals surface area contributed by atoms with Crippen molar-refractivity contribution >= 4 is 5.91 Å². The van der Waals surface area contributed by atoms with Gasteiger partial charge in [0.25, 0.3) is 5.91 Å². The van der Waals surface area contributed by atoms with Crippen molar-refractivity contribution in [2.24, 2.45) is 0 Å². The quantitative estimate of drug-likeness (QED) is 0.200. The molecule has 3 aromatic rings. The standard InChI is InChI=1S/C33H44N2O2/c1-4-7-22-34(23-8-5-2)24-25-35(33(36)30-20-18-28(13-6-3)19-21-30)27-29-14-12-17-32(26-29)37-31-15-10-9-11-16-31/h9-12,14-21,26H,4-8,13,22-25,27H2,1-3H3. The highest BCUT2D eigenvalue weighted by atomic mass is 16.5. The second-order valence-electron chi connectivity index (χ2n) is 9.78. The van der Waals surface area contributed by atoms with Gasteiger partial charge in [0, 0.05) is 25.2 Å². The number of hydrogen-bond acceptors (Lipinski definition) is 3. The van der Waals surface area contributed by atoms with E-state index in [0.717, 1.165) is 55.1 Å². The van der Waals surface area contributed by atoms with Crippen LogP contribution < -0.4 is 4.74 Å². The van der Waals surface area contributed by atoms with Crippen LogP contribution in [-0.2, 0) is 13.0 Å². The molecule has 0 saturated heterocycles. The molecule has 4 nitrogen and oxygen atoms in total. The van der Waals surface area contributed by atoms with Crippen molar-refractivity contribution in [2.45, 2.75) is 65.8 Å². The molecular weight excluding hydrogens is 456 g/mol. The highest BCUT2D eigenvalue weighted by molar-refractivity contribution is 5.94. The Morgan fingerprint density at radius 2 is 1.35 bits per heavy atom. The van der Waals surface area contributed by atoms with Gasteiger partial charge in [-0.3, -0.25) is 4.79 Å². The van der Waals surface area contributed by atoms with Crippen LogP contribution in [0.25, 0.3) is 0 Å². The maximum atomic E-state index is 13.7. The molecule has 0 N–H and O–H groups in total. The van der Waals surface area contributed by atoms with Crippen LogP contribution in [0.15, 0.2) is 78.9 Å². The zero-order valence-electron chi connectivity index (χ0n) is 23.0. The normalized spacial score (nSPS) is 11.0. The molecule has 37 heavy (non-hydrogen) atoms. The number of nitrogens with zero attached hydrogens (tertiary/aromatic N) is 2. The molecular formula is C33H44N2O2. The number of unbranched alkanes of at least 4 members (excludes halogenated alkanes) is 2. The lowest BCUT2D eigenvalue weighted by molar-refractivity contribution is 0.0720. The van der Waals surface area contributed by atoms with Crippen molar-refractivity contribution in [1.29, 1.82) is 0 Å². The van der Waals surface area contributed by atoms with Crippen LogP contribution in [0.3, 0.4) is 0 Å². The minimum atomic E-state index is 0.0864. The predicted octanol–water partition coefficient (Wildman–Crippen LogP) is 7.98. The molecule has 0 spiro atoms. The van der Waals surface area contributed by atoms with E-state index in [-0.39, 0.29) is 5.91 Å². The first-order chi connectivity index (χ1) is 18.1. The Hall–Kier alpha value is -3.11. The minimum Gasteiger partial charge on any atom is -0.457 e. The maximum absolute atomic E-state index is 13.7. The number of carbonyl (C=O) groups excluding carboxylic acids is 1. The van der Waals surface area contributed by atoms with Crippen molar-refractivity contribution < 1.29 is 9.53 Å². The first-order valence-corrected chi connectivity index (χ1v) is 14.0. The summed E-state index contributed by atoms with van der Waals surface area (Å²) in [7, 11) is 0. The summed E-state index contributed by atoms with van der Waals surface area (Å²) < 4.78 is 6.06. The van der Waals surface area contributed by atoms with Crippen LogP contribution in [0.2, 0.25) is 0 Å². The van der Waals surface area contributed by atoms with E-state index in [0.29, 0.717) is 13.1 Å². The zero-order valence-corrected chi connectivity index (χ0v) is 23.0. The first kappa shape index (κ1) is 28.5. The van der Waals surface area contributed by atoms with Gasteiger partial charge in [0.15, 0.2) is 0 Å². The van der Waals surface area contributed by atoms with Crippen LogP contribution in [0.4, 0.5) is 0 Å². The van der Waals surface area contributed by atoms with Crippen molar-refractivity contribution in [3.8, 4) is 11.5 Å². The molecule has 3 aromatic carbocycles. The average molecular weight is 501 g/mol. The summed E-state index contributed by atoms with van der Waals surface area (Å²) >= 11 is 0. The number of hydrogen-bond donors (Lipinski definition) is 0. The molecule has 0 heterocycles. The number of ether oxygens (including phenoxy) is 1. The summed E-state index contributed by atoms with van der Waals surface area (Å²) in [5.41, 5.74) is 3.10. The molecule has 198 valence electrons. The van der Waals surface area contributed by atoms with Gasteiger partial charge < -0.3 is 14.5 Å². The molecule has 0 atom stereocenters. The fourth-order valence-electron chi connectivity index (χ4n) is 4.45. The van der Waals surface area contributed by atoms with Crippen LogP contribution in [-0.4, -0.2) is 41.9 Å². The first-order valence-electron chi connectivity index (χ1n) is 14.0. The summed E-state index contributed by atoms with van der Waals surface area (Å²) in [5, 5.41) is 0. The number of benzene rings is 3. The van der Waals surface area contributed by atoms with Gasteiger partial charge in [-0.2, -0.15) is 0 Å². The Morgan fingerprint density at radius 3 is 2.00 bits per heavy atom. The highest BCUT2D eigenvalue weighted by Crippen LogP contribution is 2.23. The molecule has 0 fully saturated rings. The Kier molecular flexibility index (Phi) is 12.2. The minimum absolute atomic E-state index is 0.0864. The molecule has 0 saturated carbocycles. The summed E-state index contributed by atoms with van der Waals surface area (Å²) in [6, 6.07) is 26.1. The summed E-state index contributed by atoms with van der Waals surface area (Å²) in [5.74, 6) is 1.68. The lowest BCUT2D eigenvalue weighted by atomic mass is 10.1. The Morgan fingerprint density at radius 1 is 0.676 bits per heavy atom. The van der Waals surface area contributed by atoms with Crippen molar-refractivity contribution in [3.05, 3.63) is 95.6 Å². The van der Waals surface area contributed by atoms with Crippen LogP contribution >= 0.6 is 0 Å². The van der Waals surface area contributed by atoms with E-state index in [1.807, 2.05) is 65.6 Å². The molecule has 0 aliphatic carbocycles. The van der Waals surface area contributed by atoms with Crippen LogP contribution in [0.1, 0.15) is 74.4 Å². The van der Waals surface area contributed by atoms with Gasteiger partial charge in [0.2, 0.25) is 0 Å². The predicted molar refractivity (Wildman–Crippen MR) is 154 cm³/mol. The topological polar surface area (TPSA) is 32.8 Å². The molecule has 0 bridgehead atoms. The summed E-state index contributed by atoms with van der Waals surface area (Å²) in [6.07, 6.45) is 6.89. The lowest BCUT2D eigenvalue weighted by Crippen LogP contribution is -2.39. The van der Waals surface area contributed by atoms with E-state index in [4.69, 9.17) is 4.74 Å². The number of para-hydroxylation sites is 1. The van der Waals surface area contributed by atoms with Gasteiger partial charge >= 0.3 is 0 Å². The van der Waals surface area contributed by atoms with Crippen molar-refractivity contribution in [3.63, 3.8) is 0 Å². The Labute approximate surface area is 224 Å². The molecule has 1 amide bonds. The van der Waals surface area contributed by atoms with Gasteiger partial charge in [0.1, 0.15) is 11.5 Å². The number of carbonyl (C=O) groups is 1. The Bertz CT molecular complexity index is 1040. The monoisotopic (exact) mass is 500 g/mol. The lowest BCUT2D eigenvalue weighted by Gasteiger charge is -2.28. The zero-order chi connectivity index (χ0) is 26.3. The molecule has 0 aromatic heterocycles. The van der Waals surface area contributed by atoms with E-state index >= 15 is 0 Å². The molecule has 3 rings (SSSR count). The summed E-state index contributed by atoms with van der Waals surface area (Å²) in [4.78, 5) is 18.2. The fraction of sp³-hybridized carbons (Fsp3) is 0.424. The average Bonchev–Trinajstić information content (AvgIpc) is 2.93. The third-order valence-electron chi connectivity index (χ3n) is 6.62. The summed E-state index contributed by atoms with van der Waals surface area (Å²) in [6.45, 7) is 11.0. The van der Waals surface area contributed by atoms with E-state index in [1.54, 1.807) is 0 Å². The van der Waals surface area contributed by atoms with E-state index in [1.165, 1.54) is 31.2 Å². The number of aryl methyl sites for hydroxylation is 1. The third-order valence-corrected chi connectivity index (χ3v) is 6.62. The highest BCUT2D eigenvalue weighted by Gasteiger charge is 2.18. The van der Waals surface area contributed by atoms with Gasteiger partial charge in [-0.05, 0) is 79.9 Å². The van der Waals surface area contributed by atoms with E-state index in [2.05, 4.69) is 43.9 Å². The van der Waals surface area contributed by atoms with Crippen molar-refractivity contribution in [2.75, 3.05) is 26.2 Å². The van der Waals surface area contributed by atoms with E-state index < -0.39 is 0 Å². The van der Waals surface area contributed by atoms with E-state index in [9.17, 15) is 4.79 Å². The second-order valence-corrected chi connectivity index (χ2v) is 9.78. The van der Waals surface area contributed by atoms with Gasteiger partial charge in [0.05, 0.1) is 0 Å². The number of amides is 1. The van der Waals surface area contributed by atoms with Crippen LogP contribution in [0.5, 0.6) is 11.5 Å². The fourth-order valence-corrected chi connectivity index (χ4v) is 4.45.